The van der Waals surface area contributed by atoms with Crippen LogP contribution >= 0.6 is 0 Å². The first-order valence-electron chi connectivity index (χ1n) is 13.2. The first-order chi connectivity index (χ1) is 17.8. The van der Waals surface area contributed by atoms with E-state index in [0.717, 1.165) is 25.7 Å². The largest absolute Gasteiger partial charge is 0.416 e. The zero-order valence-corrected chi connectivity index (χ0v) is 22.4. The number of rotatable bonds is 4. The van der Waals surface area contributed by atoms with Crippen LogP contribution in [0.5, 0.6) is 0 Å². The maximum Gasteiger partial charge on any atom is 0.416 e. The Morgan fingerprint density at radius 3 is 1.84 bits per heavy atom. The number of carbonyl (C=O) groups is 2. The van der Waals surface area contributed by atoms with Crippen LogP contribution in [-0.2, 0) is 17.1 Å². The molecular formula is C26H40F6N4O2. The number of nitrogens with zero attached hydrogens (tertiary/aromatic N) is 1. The van der Waals surface area contributed by atoms with Gasteiger partial charge >= 0.3 is 18.4 Å². The van der Waals surface area contributed by atoms with E-state index in [4.69, 9.17) is 5.73 Å². The number of anilines is 1. The quantitative estimate of drug-likeness (QED) is 0.364. The van der Waals surface area contributed by atoms with Gasteiger partial charge in [0.15, 0.2) is 0 Å². The summed E-state index contributed by atoms with van der Waals surface area (Å²) in [4.78, 5) is 26.7. The molecule has 1 aromatic carbocycles. The molecule has 0 aromatic heterocycles. The summed E-state index contributed by atoms with van der Waals surface area (Å²) in [5, 5.41) is 4.55. The molecule has 1 aliphatic heterocycles. The Balaban J connectivity index is 0.00000172. The number of nitrogens with two attached hydrogens (primary N) is 1. The van der Waals surface area contributed by atoms with Crippen LogP contribution in [0.2, 0.25) is 0 Å². The van der Waals surface area contributed by atoms with Crippen molar-refractivity contribution in [3.8, 4) is 0 Å². The van der Waals surface area contributed by atoms with Crippen molar-refractivity contribution in [2.45, 2.75) is 84.6 Å². The van der Waals surface area contributed by atoms with Crippen LogP contribution in [0.15, 0.2) is 18.2 Å². The summed E-state index contributed by atoms with van der Waals surface area (Å²) < 4.78 is 77.8. The molecule has 0 spiro atoms. The van der Waals surface area contributed by atoms with Crippen molar-refractivity contribution in [3.05, 3.63) is 29.3 Å². The molecule has 38 heavy (non-hydrogen) atoms. The zero-order valence-electron chi connectivity index (χ0n) is 22.4. The average molecular weight is 555 g/mol. The number of benzene rings is 1. The minimum absolute atomic E-state index is 0.00164. The second-order valence-corrected chi connectivity index (χ2v) is 8.95. The highest BCUT2D eigenvalue weighted by Crippen LogP contribution is 2.37. The number of nitrogens with one attached hydrogen (secondary N) is 2. The number of likely N-dealkylation sites (tertiary alicyclic amines) is 1. The summed E-state index contributed by atoms with van der Waals surface area (Å²) in [6.07, 6.45) is -5.13. The lowest BCUT2D eigenvalue weighted by atomic mass is 9.83. The van der Waals surface area contributed by atoms with Crippen LogP contribution in [-0.4, -0.2) is 42.5 Å². The molecule has 0 radical (unpaired) electrons. The number of alkyl halides is 6. The fourth-order valence-corrected chi connectivity index (χ4v) is 4.50. The van der Waals surface area contributed by atoms with Gasteiger partial charge < -0.3 is 21.3 Å². The van der Waals surface area contributed by atoms with Gasteiger partial charge in [0.25, 0.3) is 0 Å². The van der Waals surface area contributed by atoms with Gasteiger partial charge in [-0.05, 0) is 49.8 Å². The molecular weight excluding hydrogens is 514 g/mol. The third kappa shape index (κ3) is 9.99. The van der Waals surface area contributed by atoms with Gasteiger partial charge in [-0.25, -0.2) is 4.79 Å². The molecule has 218 valence electrons. The van der Waals surface area contributed by atoms with Crippen LogP contribution in [0.25, 0.3) is 0 Å². The van der Waals surface area contributed by atoms with E-state index in [2.05, 4.69) is 10.6 Å². The summed E-state index contributed by atoms with van der Waals surface area (Å²) in [7, 11) is 0. The number of hydrogen-bond donors (Lipinski definition) is 3. The van der Waals surface area contributed by atoms with Gasteiger partial charge in [0, 0.05) is 31.4 Å². The predicted octanol–water partition coefficient (Wildman–Crippen LogP) is 6.65. The molecule has 3 amide bonds. The van der Waals surface area contributed by atoms with Crippen molar-refractivity contribution in [1.82, 2.24) is 10.2 Å². The SMILES string of the molecule is CC.CC.N[C@@H]1CCCC[C@H]1C(=O)N1CCC(CNC(=O)Nc2cc(C(F)(F)F)cc(C(F)(F)F)c2)CC1. The molecule has 6 nitrogen and oxygen atoms in total. The van der Waals surface area contributed by atoms with Crippen LogP contribution in [0.4, 0.5) is 36.8 Å². The summed E-state index contributed by atoms with van der Waals surface area (Å²) in [5.41, 5.74) is 2.48. The molecule has 4 N–H and O–H groups in total. The van der Waals surface area contributed by atoms with E-state index in [0.29, 0.717) is 38.1 Å². The number of urea groups is 1. The fourth-order valence-electron chi connectivity index (χ4n) is 4.50. The molecule has 12 heteroatoms. The molecule has 1 saturated carbocycles. The zero-order chi connectivity index (χ0) is 29.1. The normalized spacial score (nSPS) is 20.3. The number of amides is 3. The van der Waals surface area contributed by atoms with E-state index in [1.165, 1.54) is 0 Å². The average Bonchev–Trinajstić information content (AvgIpc) is 2.89. The van der Waals surface area contributed by atoms with E-state index < -0.39 is 35.2 Å². The standard InChI is InChI=1S/C22H28F6N4O2.2C2H6/c23-21(24,25)14-9-15(22(26,27)28)11-16(10-14)31-20(34)30-12-13-5-7-32(8-6-13)19(33)17-3-1-2-4-18(17)29;2*1-2/h9-11,13,17-18H,1-8,12,29H2,(H2,30,31,34);2*1-2H3/t17-,18-;;/m1../s1. The van der Waals surface area contributed by atoms with Crippen molar-refractivity contribution in [1.29, 1.82) is 0 Å². The molecule has 0 bridgehead atoms. The fraction of sp³-hybridized carbons (Fsp3) is 0.692. The minimum Gasteiger partial charge on any atom is -0.342 e. The van der Waals surface area contributed by atoms with Crippen LogP contribution in [0, 0.1) is 11.8 Å². The highest BCUT2D eigenvalue weighted by Gasteiger charge is 2.37. The second-order valence-electron chi connectivity index (χ2n) is 8.95. The molecule has 3 rings (SSSR count). The molecule has 2 atom stereocenters. The van der Waals surface area contributed by atoms with Gasteiger partial charge in [0.05, 0.1) is 17.0 Å². The topological polar surface area (TPSA) is 87.5 Å². The molecule has 1 aliphatic carbocycles. The van der Waals surface area contributed by atoms with E-state index in [1.54, 1.807) is 4.90 Å². The Morgan fingerprint density at radius 1 is 0.868 bits per heavy atom. The van der Waals surface area contributed by atoms with Gasteiger partial charge in [0.1, 0.15) is 0 Å². The Morgan fingerprint density at radius 2 is 1.37 bits per heavy atom. The molecule has 2 aliphatic rings. The van der Waals surface area contributed by atoms with Gasteiger partial charge in [-0.2, -0.15) is 26.3 Å². The number of piperidine rings is 1. The van der Waals surface area contributed by atoms with E-state index in [-0.39, 0.29) is 36.4 Å². The molecule has 0 unspecified atom stereocenters. The van der Waals surface area contributed by atoms with Gasteiger partial charge in [-0.3, -0.25) is 4.79 Å². The lowest BCUT2D eigenvalue weighted by Crippen LogP contribution is -2.49. The first-order valence-corrected chi connectivity index (χ1v) is 13.2. The number of hydrogen-bond acceptors (Lipinski definition) is 3. The maximum atomic E-state index is 13.0. The van der Waals surface area contributed by atoms with Gasteiger partial charge in [-0.15, -0.1) is 0 Å². The van der Waals surface area contributed by atoms with E-state index in [1.807, 2.05) is 27.7 Å². The molecule has 2 fully saturated rings. The van der Waals surface area contributed by atoms with Crippen LogP contribution in [0.1, 0.15) is 77.3 Å². The second kappa shape index (κ2) is 15.2. The van der Waals surface area contributed by atoms with Crippen molar-refractivity contribution < 1.29 is 35.9 Å². The lowest BCUT2D eigenvalue weighted by molar-refractivity contribution is -0.143. The highest BCUT2D eigenvalue weighted by atomic mass is 19.4. The smallest absolute Gasteiger partial charge is 0.342 e. The van der Waals surface area contributed by atoms with Crippen LogP contribution < -0.4 is 16.4 Å². The number of carbonyl (C=O) groups excluding carboxylic acids is 2. The third-order valence-electron chi connectivity index (χ3n) is 6.46. The van der Waals surface area contributed by atoms with Crippen molar-refractivity contribution in [2.75, 3.05) is 25.0 Å². The molecule has 1 heterocycles. The summed E-state index contributed by atoms with van der Waals surface area (Å²) in [6.45, 7) is 9.21. The van der Waals surface area contributed by atoms with Crippen molar-refractivity contribution in [3.63, 3.8) is 0 Å². The summed E-state index contributed by atoms with van der Waals surface area (Å²) in [6, 6.07) is -0.126. The van der Waals surface area contributed by atoms with E-state index >= 15 is 0 Å². The predicted molar refractivity (Wildman–Crippen MR) is 135 cm³/mol. The monoisotopic (exact) mass is 554 g/mol. The maximum absolute atomic E-state index is 13.0. The van der Waals surface area contributed by atoms with Gasteiger partial charge in [-0.1, -0.05) is 40.5 Å². The molecule has 1 aromatic rings. The summed E-state index contributed by atoms with van der Waals surface area (Å²) >= 11 is 0. The third-order valence-corrected chi connectivity index (χ3v) is 6.46. The van der Waals surface area contributed by atoms with Crippen molar-refractivity contribution in [2.24, 2.45) is 17.6 Å². The minimum atomic E-state index is -5.00. The Hall–Kier alpha value is -2.50. The first kappa shape index (κ1) is 33.5. The lowest BCUT2D eigenvalue weighted by Gasteiger charge is -2.37. The summed E-state index contributed by atoms with van der Waals surface area (Å²) in [5.74, 6) is -0.0771. The van der Waals surface area contributed by atoms with E-state index in [9.17, 15) is 35.9 Å². The van der Waals surface area contributed by atoms with Gasteiger partial charge in [0.2, 0.25) is 5.91 Å². The van der Waals surface area contributed by atoms with Crippen molar-refractivity contribution >= 4 is 17.6 Å². The Kier molecular flexibility index (Phi) is 13.4. The number of halogens is 6. The highest BCUT2D eigenvalue weighted by molar-refractivity contribution is 5.89. The Bertz CT molecular complexity index is 851. The van der Waals surface area contributed by atoms with Crippen LogP contribution in [0.3, 0.4) is 0 Å². The molecule has 1 saturated heterocycles. The Labute approximate surface area is 220 Å².